The highest BCUT2D eigenvalue weighted by atomic mass is 17.1. The highest BCUT2D eigenvalue weighted by Gasteiger charge is 2.21. The topological polar surface area (TPSA) is 93.1 Å². The van der Waals surface area contributed by atoms with Crippen molar-refractivity contribution in [1.82, 2.24) is 0 Å². The molecule has 0 amide bonds. The van der Waals surface area contributed by atoms with E-state index in [9.17, 15) is 9.59 Å². The van der Waals surface area contributed by atoms with Gasteiger partial charge in [-0.1, -0.05) is 39.0 Å². The Hall–Kier alpha value is -1.14. The fraction of sp³-hybridized carbons (Fsp3) is 0.833. The summed E-state index contributed by atoms with van der Waals surface area (Å²) in [5.41, 5.74) is 0. The number of carbonyl (C=O) groups is 2. The molecule has 0 fully saturated rings. The lowest BCUT2D eigenvalue weighted by Gasteiger charge is -2.12. The average molecular weight is 262 g/mol. The second kappa shape index (κ2) is 11.0. The SMILES string of the molecule is CCCCCCCC(CCC(=O)OO)C(=O)OO. The van der Waals surface area contributed by atoms with Gasteiger partial charge in [0.05, 0.1) is 5.92 Å². The summed E-state index contributed by atoms with van der Waals surface area (Å²) in [6, 6.07) is 0. The van der Waals surface area contributed by atoms with Gasteiger partial charge in [-0.3, -0.25) is 0 Å². The van der Waals surface area contributed by atoms with E-state index in [2.05, 4.69) is 16.7 Å². The molecule has 0 saturated heterocycles. The Kier molecular flexibility index (Phi) is 10.3. The van der Waals surface area contributed by atoms with Gasteiger partial charge in [0.1, 0.15) is 0 Å². The lowest BCUT2D eigenvalue weighted by molar-refractivity contribution is -0.241. The molecule has 0 aliphatic carbocycles. The second-order valence-electron chi connectivity index (χ2n) is 4.31. The molecule has 2 N–H and O–H groups in total. The van der Waals surface area contributed by atoms with Crippen molar-refractivity contribution < 1.29 is 29.9 Å². The summed E-state index contributed by atoms with van der Waals surface area (Å²) in [6.45, 7) is 2.12. The Morgan fingerprint density at radius 1 is 1.00 bits per heavy atom. The van der Waals surface area contributed by atoms with Crippen LogP contribution in [0.1, 0.15) is 58.3 Å². The Morgan fingerprint density at radius 3 is 2.22 bits per heavy atom. The van der Waals surface area contributed by atoms with E-state index in [1.807, 2.05) is 0 Å². The van der Waals surface area contributed by atoms with Crippen LogP contribution in [0.2, 0.25) is 0 Å². The maximum absolute atomic E-state index is 11.2. The summed E-state index contributed by atoms with van der Waals surface area (Å²) in [5.74, 6) is -2.07. The first-order valence-electron chi connectivity index (χ1n) is 6.35. The summed E-state index contributed by atoms with van der Waals surface area (Å²) in [4.78, 5) is 29.2. The minimum Gasteiger partial charge on any atom is -0.301 e. The van der Waals surface area contributed by atoms with Crippen molar-refractivity contribution in [3.63, 3.8) is 0 Å². The largest absolute Gasteiger partial charge is 0.345 e. The molecule has 106 valence electrons. The number of unbranched alkanes of at least 4 members (excludes halogenated alkanes) is 4. The van der Waals surface area contributed by atoms with Gasteiger partial charge in [0.15, 0.2) is 0 Å². The van der Waals surface area contributed by atoms with Crippen molar-refractivity contribution in [2.24, 2.45) is 5.92 Å². The molecule has 0 heterocycles. The van der Waals surface area contributed by atoms with E-state index in [-0.39, 0.29) is 12.8 Å². The van der Waals surface area contributed by atoms with Crippen LogP contribution in [0.15, 0.2) is 0 Å². The minimum absolute atomic E-state index is 0.0781. The summed E-state index contributed by atoms with van der Waals surface area (Å²) in [7, 11) is 0. The molecule has 6 heteroatoms. The van der Waals surface area contributed by atoms with Crippen LogP contribution in [0, 0.1) is 5.92 Å². The number of hydrogen-bond acceptors (Lipinski definition) is 6. The Bertz CT molecular complexity index is 241. The third-order valence-electron chi connectivity index (χ3n) is 2.88. The third-order valence-corrected chi connectivity index (χ3v) is 2.88. The summed E-state index contributed by atoms with van der Waals surface area (Å²) >= 11 is 0. The van der Waals surface area contributed by atoms with E-state index in [1.54, 1.807) is 0 Å². The van der Waals surface area contributed by atoms with Crippen molar-refractivity contribution in [3.8, 4) is 0 Å². The van der Waals surface area contributed by atoms with E-state index >= 15 is 0 Å². The normalized spacial score (nSPS) is 11.9. The first-order chi connectivity index (χ1) is 8.65. The Morgan fingerprint density at radius 2 is 1.67 bits per heavy atom. The van der Waals surface area contributed by atoms with Gasteiger partial charge >= 0.3 is 11.9 Å². The molecule has 1 unspecified atom stereocenters. The molecule has 0 aromatic rings. The first kappa shape index (κ1) is 16.9. The molecule has 0 radical (unpaired) electrons. The second-order valence-corrected chi connectivity index (χ2v) is 4.31. The van der Waals surface area contributed by atoms with Crippen LogP contribution >= 0.6 is 0 Å². The summed E-state index contributed by atoms with van der Waals surface area (Å²) < 4.78 is 0. The monoisotopic (exact) mass is 262 g/mol. The predicted molar refractivity (Wildman–Crippen MR) is 63.5 cm³/mol. The van der Waals surface area contributed by atoms with E-state index in [0.717, 1.165) is 32.1 Å². The van der Waals surface area contributed by atoms with Gasteiger partial charge in [-0.25, -0.2) is 9.59 Å². The van der Waals surface area contributed by atoms with Crippen LogP contribution in [0.4, 0.5) is 0 Å². The minimum atomic E-state index is -0.795. The highest BCUT2D eigenvalue weighted by molar-refractivity contribution is 5.73. The van der Waals surface area contributed by atoms with Gasteiger partial charge in [0.2, 0.25) is 0 Å². The molecular formula is C12H22O6. The molecule has 0 aromatic carbocycles. The zero-order chi connectivity index (χ0) is 13.8. The fourth-order valence-electron chi connectivity index (χ4n) is 1.79. The van der Waals surface area contributed by atoms with Gasteiger partial charge in [0, 0.05) is 6.42 Å². The van der Waals surface area contributed by atoms with Crippen LogP contribution in [-0.2, 0) is 19.4 Å². The average Bonchev–Trinajstić information content (AvgIpc) is 2.40. The molecule has 0 aromatic heterocycles. The van der Waals surface area contributed by atoms with E-state index < -0.39 is 17.9 Å². The van der Waals surface area contributed by atoms with Crippen LogP contribution in [-0.4, -0.2) is 22.5 Å². The molecule has 0 bridgehead atoms. The molecule has 0 spiro atoms. The molecule has 0 aliphatic rings. The number of rotatable bonds is 10. The summed E-state index contributed by atoms with van der Waals surface area (Å²) in [5, 5.41) is 16.5. The molecule has 0 rings (SSSR count). The Balaban J connectivity index is 3.92. The Labute approximate surface area is 107 Å². The fourth-order valence-corrected chi connectivity index (χ4v) is 1.79. The third kappa shape index (κ3) is 8.03. The summed E-state index contributed by atoms with van der Waals surface area (Å²) in [6.07, 6.45) is 5.94. The van der Waals surface area contributed by atoms with Crippen molar-refractivity contribution in [2.45, 2.75) is 58.3 Å². The lowest BCUT2D eigenvalue weighted by atomic mass is 9.96. The van der Waals surface area contributed by atoms with Gasteiger partial charge in [-0.2, -0.15) is 10.5 Å². The van der Waals surface area contributed by atoms with Crippen molar-refractivity contribution in [3.05, 3.63) is 0 Å². The maximum Gasteiger partial charge on any atom is 0.345 e. The van der Waals surface area contributed by atoms with Crippen LogP contribution in [0.5, 0.6) is 0 Å². The first-order valence-corrected chi connectivity index (χ1v) is 6.35. The molecule has 6 nitrogen and oxygen atoms in total. The van der Waals surface area contributed by atoms with Gasteiger partial charge in [-0.15, -0.1) is 0 Å². The van der Waals surface area contributed by atoms with Crippen molar-refractivity contribution >= 4 is 11.9 Å². The highest BCUT2D eigenvalue weighted by Crippen LogP contribution is 2.18. The number of carbonyl (C=O) groups excluding carboxylic acids is 2. The number of hydrogen-bond donors (Lipinski definition) is 2. The van der Waals surface area contributed by atoms with Gasteiger partial charge in [0.25, 0.3) is 0 Å². The maximum atomic E-state index is 11.2. The zero-order valence-corrected chi connectivity index (χ0v) is 10.8. The van der Waals surface area contributed by atoms with Crippen LogP contribution in [0.3, 0.4) is 0 Å². The molecule has 18 heavy (non-hydrogen) atoms. The van der Waals surface area contributed by atoms with E-state index in [1.165, 1.54) is 0 Å². The van der Waals surface area contributed by atoms with Crippen LogP contribution in [0.25, 0.3) is 0 Å². The quantitative estimate of drug-likeness (QED) is 0.357. The van der Waals surface area contributed by atoms with Crippen molar-refractivity contribution in [2.75, 3.05) is 0 Å². The predicted octanol–water partition coefficient (Wildman–Crippen LogP) is 2.78. The van der Waals surface area contributed by atoms with E-state index in [0.29, 0.717) is 6.42 Å². The van der Waals surface area contributed by atoms with Crippen molar-refractivity contribution in [1.29, 1.82) is 0 Å². The lowest BCUT2D eigenvalue weighted by Crippen LogP contribution is -2.18. The molecule has 0 saturated carbocycles. The zero-order valence-electron chi connectivity index (χ0n) is 10.8. The molecule has 1 atom stereocenters. The standard InChI is InChI=1S/C12H22O6/c1-2-3-4-5-6-7-10(12(14)18-16)8-9-11(13)17-15/h10,15-16H,2-9H2,1H3. The smallest absolute Gasteiger partial charge is 0.301 e. The molecule has 0 aliphatic heterocycles. The van der Waals surface area contributed by atoms with Gasteiger partial charge < -0.3 is 9.78 Å². The van der Waals surface area contributed by atoms with E-state index in [4.69, 9.17) is 10.5 Å². The molecular weight excluding hydrogens is 240 g/mol. The van der Waals surface area contributed by atoms with Gasteiger partial charge in [-0.05, 0) is 12.8 Å². The van der Waals surface area contributed by atoms with Crippen LogP contribution < -0.4 is 0 Å².